The van der Waals surface area contributed by atoms with Gasteiger partial charge in [0.25, 0.3) is 10.0 Å². The monoisotopic (exact) mass is 383 g/mol. The Balaban J connectivity index is 2.45. The van der Waals surface area contributed by atoms with Crippen molar-refractivity contribution in [1.82, 2.24) is 0 Å². The van der Waals surface area contributed by atoms with Gasteiger partial charge in [0.2, 0.25) is 0 Å². The van der Waals surface area contributed by atoms with E-state index in [1.54, 1.807) is 6.07 Å². The van der Waals surface area contributed by atoms with Gasteiger partial charge >= 0.3 is 0 Å². The van der Waals surface area contributed by atoms with Gasteiger partial charge in [0.1, 0.15) is 5.75 Å². The van der Waals surface area contributed by atoms with Crippen LogP contribution in [0.1, 0.15) is 16.7 Å². The van der Waals surface area contributed by atoms with Crippen LogP contribution in [-0.2, 0) is 10.0 Å². The van der Waals surface area contributed by atoms with Crippen LogP contribution in [0.3, 0.4) is 0 Å². The van der Waals surface area contributed by atoms with E-state index in [-0.39, 0.29) is 4.90 Å². The highest BCUT2D eigenvalue weighted by Crippen LogP contribution is 2.30. The van der Waals surface area contributed by atoms with E-state index >= 15 is 0 Å². The molecule has 0 aliphatic carbocycles. The Hall–Kier alpha value is -1.53. The zero-order valence-electron chi connectivity index (χ0n) is 12.9. The first-order valence-electron chi connectivity index (χ1n) is 6.69. The van der Waals surface area contributed by atoms with Crippen molar-refractivity contribution in [2.75, 3.05) is 11.8 Å². The van der Waals surface area contributed by atoms with Crippen LogP contribution in [0, 0.1) is 20.8 Å². The number of hydrogen-bond acceptors (Lipinski definition) is 3. The lowest BCUT2D eigenvalue weighted by atomic mass is 10.1. The van der Waals surface area contributed by atoms with Gasteiger partial charge in [-0.25, -0.2) is 8.42 Å². The minimum atomic E-state index is -3.67. The molecule has 0 spiro atoms. The van der Waals surface area contributed by atoms with Crippen molar-refractivity contribution in [3.05, 3.63) is 51.5 Å². The maximum absolute atomic E-state index is 12.6. The van der Waals surface area contributed by atoms with Crippen LogP contribution < -0.4 is 9.46 Å². The van der Waals surface area contributed by atoms with Crippen molar-refractivity contribution in [2.45, 2.75) is 25.7 Å². The fraction of sp³-hybridized carbons (Fsp3) is 0.250. The van der Waals surface area contributed by atoms with Crippen molar-refractivity contribution in [3.63, 3.8) is 0 Å². The third-order valence-electron chi connectivity index (χ3n) is 3.35. The van der Waals surface area contributed by atoms with Gasteiger partial charge in [0.05, 0.1) is 22.2 Å². The Morgan fingerprint density at radius 3 is 2.18 bits per heavy atom. The van der Waals surface area contributed by atoms with E-state index in [1.165, 1.54) is 19.2 Å². The lowest BCUT2D eigenvalue weighted by Crippen LogP contribution is -2.15. The minimum absolute atomic E-state index is 0.159. The molecule has 0 aliphatic heterocycles. The van der Waals surface area contributed by atoms with Gasteiger partial charge in [0.15, 0.2) is 0 Å². The van der Waals surface area contributed by atoms with Gasteiger partial charge in [-0.15, -0.1) is 0 Å². The third-order valence-corrected chi connectivity index (χ3v) is 5.35. The number of methoxy groups -OCH3 is 1. The van der Waals surface area contributed by atoms with Crippen LogP contribution in [0.4, 0.5) is 5.69 Å². The maximum atomic E-state index is 12.6. The minimum Gasteiger partial charge on any atom is -0.496 e. The maximum Gasteiger partial charge on any atom is 0.262 e. The van der Waals surface area contributed by atoms with E-state index < -0.39 is 10.0 Å². The quantitative estimate of drug-likeness (QED) is 0.860. The zero-order chi connectivity index (χ0) is 16.5. The topological polar surface area (TPSA) is 55.4 Å². The highest BCUT2D eigenvalue weighted by atomic mass is 79.9. The average molecular weight is 384 g/mol. The van der Waals surface area contributed by atoms with Crippen molar-refractivity contribution in [2.24, 2.45) is 0 Å². The van der Waals surface area contributed by atoms with Crippen LogP contribution >= 0.6 is 15.9 Å². The Morgan fingerprint density at radius 2 is 1.64 bits per heavy atom. The molecule has 0 unspecified atom stereocenters. The lowest BCUT2D eigenvalue weighted by molar-refractivity contribution is 0.411. The number of ether oxygens (including phenoxy) is 1. The molecule has 0 saturated carbocycles. The SMILES string of the molecule is COc1cc(S(=O)(=O)Nc2c(C)cc(C)cc2C)ccc1Br. The summed E-state index contributed by atoms with van der Waals surface area (Å²) in [6.07, 6.45) is 0. The fourth-order valence-electron chi connectivity index (χ4n) is 2.34. The number of halogens is 1. The molecule has 2 aromatic carbocycles. The smallest absolute Gasteiger partial charge is 0.262 e. The summed E-state index contributed by atoms with van der Waals surface area (Å²) in [4.78, 5) is 0.159. The number of rotatable bonds is 4. The second kappa shape index (κ2) is 6.30. The first kappa shape index (κ1) is 16.8. The molecule has 2 rings (SSSR count). The lowest BCUT2D eigenvalue weighted by Gasteiger charge is -2.15. The molecule has 2 aromatic rings. The van der Waals surface area contributed by atoms with E-state index in [9.17, 15) is 8.42 Å². The summed E-state index contributed by atoms with van der Waals surface area (Å²) in [5, 5.41) is 0. The van der Waals surface area contributed by atoms with Gasteiger partial charge in [-0.1, -0.05) is 17.7 Å². The van der Waals surface area contributed by atoms with Crippen molar-refractivity contribution >= 4 is 31.6 Å². The van der Waals surface area contributed by atoms with Crippen molar-refractivity contribution < 1.29 is 13.2 Å². The Labute approximate surface area is 139 Å². The van der Waals surface area contributed by atoms with Gasteiger partial charge < -0.3 is 4.74 Å². The average Bonchev–Trinajstić information content (AvgIpc) is 2.43. The second-order valence-electron chi connectivity index (χ2n) is 5.18. The summed E-state index contributed by atoms with van der Waals surface area (Å²) < 4.78 is 33.7. The molecule has 0 aromatic heterocycles. The molecule has 0 aliphatic rings. The van der Waals surface area contributed by atoms with E-state index in [4.69, 9.17) is 4.74 Å². The molecular weight excluding hydrogens is 366 g/mol. The Morgan fingerprint density at radius 1 is 1.05 bits per heavy atom. The summed E-state index contributed by atoms with van der Waals surface area (Å²) in [5.41, 5.74) is 3.51. The summed E-state index contributed by atoms with van der Waals surface area (Å²) in [7, 11) is -2.17. The molecule has 0 radical (unpaired) electrons. The summed E-state index contributed by atoms with van der Waals surface area (Å²) in [6, 6.07) is 8.58. The first-order chi connectivity index (χ1) is 10.2. The van der Waals surface area contributed by atoms with Crippen LogP contribution in [0.5, 0.6) is 5.75 Å². The molecule has 0 amide bonds. The molecule has 6 heteroatoms. The predicted octanol–water partition coefficient (Wildman–Crippen LogP) is 4.18. The van der Waals surface area contributed by atoms with E-state index in [0.29, 0.717) is 15.9 Å². The Kier molecular flexibility index (Phi) is 4.82. The van der Waals surface area contributed by atoms with Crippen LogP contribution in [0.15, 0.2) is 39.7 Å². The van der Waals surface area contributed by atoms with E-state index in [2.05, 4.69) is 20.7 Å². The summed E-state index contributed by atoms with van der Waals surface area (Å²) >= 11 is 3.32. The Bertz CT molecular complexity index is 793. The van der Waals surface area contributed by atoms with Crippen LogP contribution in [0.25, 0.3) is 0 Å². The second-order valence-corrected chi connectivity index (χ2v) is 7.71. The van der Waals surface area contributed by atoms with Crippen LogP contribution in [-0.4, -0.2) is 15.5 Å². The molecule has 22 heavy (non-hydrogen) atoms. The van der Waals surface area contributed by atoms with Gasteiger partial charge in [-0.2, -0.15) is 0 Å². The number of hydrogen-bond donors (Lipinski definition) is 1. The third kappa shape index (κ3) is 3.44. The molecule has 0 heterocycles. The summed E-state index contributed by atoms with van der Waals surface area (Å²) in [5.74, 6) is 0.472. The first-order valence-corrected chi connectivity index (χ1v) is 8.96. The molecule has 0 saturated heterocycles. The molecular formula is C16H18BrNO3S. The van der Waals surface area contributed by atoms with Crippen LogP contribution in [0.2, 0.25) is 0 Å². The van der Waals surface area contributed by atoms with Crippen molar-refractivity contribution in [3.8, 4) is 5.75 Å². The highest BCUT2D eigenvalue weighted by molar-refractivity contribution is 9.10. The highest BCUT2D eigenvalue weighted by Gasteiger charge is 2.18. The van der Waals surface area contributed by atoms with Crippen molar-refractivity contribution in [1.29, 1.82) is 0 Å². The van der Waals surface area contributed by atoms with Gasteiger partial charge in [-0.3, -0.25) is 4.72 Å². The molecule has 118 valence electrons. The predicted molar refractivity (Wildman–Crippen MR) is 92.2 cm³/mol. The number of aryl methyl sites for hydroxylation is 3. The van der Waals surface area contributed by atoms with Gasteiger partial charge in [0, 0.05) is 6.07 Å². The molecule has 4 nitrogen and oxygen atoms in total. The molecule has 0 fully saturated rings. The zero-order valence-corrected chi connectivity index (χ0v) is 15.3. The normalized spacial score (nSPS) is 11.3. The molecule has 0 bridgehead atoms. The standard InChI is InChI=1S/C16H18BrNO3S/c1-10-7-11(2)16(12(3)8-10)18-22(19,20)13-5-6-14(17)15(9-13)21-4/h5-9,18H,1-4H3. The van der Waals surface area contributed by atoms with E-state index in [0.717, 1.165) is 16.7 Å². The van der Waals surface area contributed by atoms with Gasteiger partial charge in [-0.05, 0) is 60.0 Å². The number of anilines is 1. The number of nitrogens with one attached hydrogen (secondary N) is 1. The number of sulfonamides is 1. The summed E-state index contributed by atoms with van der Waals surface area (Å²) in [6.45, 7) is 5.76. The van der Waals surface area contributed by atoms with E-state index in [1.807, 2.05) is 32.9 Å². The molecule has 1 N–H and O–H groups in total. The number of benzene rings is 2. The largest absolute Gasteiger partial charge is 0.496 e. The molecule has 0 atom stereocenters. The fourth-order valence-corrected chi connectivity index (χ4v) is 3.97.